The number of hydrogen-bond acceptors (Lipinski definition) is 0. The van der Waals surface area contributed by atoms with Gasteiger partial charge in [-0.15, -0.1) is 6.58 Å². The molecule has 30 heavy (non-hydrogen) atoms. The fourth-order valence-corrected chi connectivity index (χ4v) is 5.67. The highest BCUT2D eigenvalue weighted by Crippen LogP contribution is 2.45. The standard InChI is InChI=1S/C28H42F2/c1-3-5-6-23-7-9-24(10-8-23)11-12-25-13-15-26(16-14-25)18-20-27-19-17-22(4-2)21-28(27,29)30/h4,7-10,22,25-27H,2-3,5-6,11-21H2,1H3. The van der Waals surface area contributed by atoms with Gasteiger partial charge in [-0.05, 0) is 80.2 Å². The topological polar surface area (TPSA) is 0 Å². The Bertz CT molecular complexity index is 625. The Morgan fingerprint density at radius 2 is 1.47 bits per heavy atom. The first-order valence-corrected chi connectivity index (χ1v) is 12.6. The predicted molar refractivity (Wildman–Crippen MR) is 124 cm³/mol. The molecule has 0 heterocycles. The van der Waals surface area contributed by atoms with Crippen LogP contribution in [-0.4, -0.2) is 5.92 Å². The number of benzene rings is 1. The van der Waals surface area contributed by atoms with E-state index in [4.69, 9.17) is 0 Å². The summed E-state index contributed by atoms with van der Waals surface area (Å²) in [6.07, 6.45) is 16.3. The maximum Gasteiger partial charge on any atom is 0.251 e. The molecule has 2 fully saturated rings. The molecule has 1 aromatic carbocycles. The molecule has 0 spiro atoms. The van der Waals surface area contributed by atoms with Crippen molar-refractivity contribution in [3.8, 4) is 0 Å². The van der Waals surface area contributed by atoms with E-state index in [1.165, 1.54) is 68.9 Å². The van der Waals surface area contributed by atoms with Crippen molar-refractivity contribution in [3.05, 3.63) is 48.0 Å². The van der Waals surface area contributed by atoms with Crippen molar-refractivity contribution in [1.29, 1.82) is 0 Å². The first-order chi connectivity index (χ1) is 14.5. The zero-order valence-corrected chi connectivity index (χ0v) is 19.1. The van der Waals surface area contributed by atoms with Gasteiger partial charge in [0.2, 0.25) is 0 Å². The Morgan fingerprint density at radius 3 is 2.03 bits per heavy atom. The van der Waals surface area contributed by atoms with Crippen molar-refractivity contribution in [2.24, 2.45) is 23.7 Å². The molecule has 2 aliphatic carbocycles. The van der Waals surface area contributed by atoms with Crippen LogP contribution in [0.25, 0.3) is 0 Å². The SMILES string of the molecule is C=CC1CCC(CCC2CCC(CCc3ccc(CCCC)cc3)CC2)C(F)(F)C1. The van der Waals surface area contributed by atoms with Gasteiger partial charge in [0.25, 0.3) is 5.92 Å². The highest BCUT2D eigenvalue weighted by molar-refractivity contribution is 5.22. The number of halogens is 2. The molecule has 0 bridgehead atoms. The van der Waals surface area contributed by atoms with E-state index in [0.717, 1.165) is 25.2 Å². The Labute approximate surface area is 183 Å². The normalized spacial score (nSPS) is 28.9. The average molecular weight is 417 g/mol. The summed E-state index contributed by atoms with van der Waals surface area (Å²) >= 11 is 0. The minimum absolute atomic E-state index is 0.0132. The van der Waals surface area contributed by atoms with E-state index >= 15 is 0 Å². The van der Waals surface area contributed by atoms with Crippen molar-refractivity contribution < 1.29 is 8.78 Å². The summed E-state index contributed by atoms with van der Waals surface area (Å²) in [5.74, 6) is -1.37. The predicted octanol–water partition coefficient (Wildman–Crippen LogP) is 8.79. The van der Waals surface area contributed by atoms with Gasteiger partial charge in [-0.25, -0.2) is 8.78 Å². The Hall–Kier alpha value is -1.18. The third-order valence-corrected chi connectivity index (χ3v) is 7.92. The molecular formula is C28H42F2. The van der Waals surface area contributed by atoms with E-state index < -0.39 is 11.8 Å². The van der Waals surface area contributed by atoms with Gasteiger partial charge >= 0.3 is 0 Å². The first-order valence-electron chi connectivity index (χ1n) is 12.6. The molecule has 0 saturated heterocycles. The van der Waals surface area contributed by atoms with Crippen LogP contribution in [0.1, 0.15) is 95.1 Å². The molecule has 2 aliphatic rings. The molecule has 0 radical (unpaired) electrons. The monoisotopic (exact) mass is 416 g/mol. The van der Waals surface area contributed by atoms with Crippen LogP contribution in [0.5, 0.6) is 0 Å². The smallest absolute Gasteiger partial charge is 0.207 e. The van der Waals surface area contributed by atoms with Crippen molar-refractivity contribution in [1.82, 2.24) is 0 Å². The van der Waals surface area contributed by atoms with Crippen LogP contribution in [0, 0.1) is 23.7 Å². The second kappa shape index (κ2) is 11.4. The molecule has 0 nitrogen and oxygen atoms in total. The van der Waals surface area contributed by atoms with Crippen molar-refractivity contribution in [2.75, 3.05) is 0 Å². The molecule has 3 rings (SSSR count). The number of alkyl halides is 2. The van der Waals surface area contributed by atoms with Crippen LogP contribution < -0.4 is 0 Å². The summed E-state index contributed by atoms with van der Waals surface area (Å²) in [5.41, 5.74) is 2.93. The lowest BCUT2D eigenvalue weighted by Gasteiger charge is -2.36. The Kier molecular flexibility index (Phi) is 8.96. The fraction of sp³-hybridized carbons (Fsp3) is 0.714. The average Bonchev–Trinajstić information content (AvgIpc) is 2.76. The van der Waals surface area contributed by atoms with Crippen LogP contribution in [-0.2, 0) is 12.8 Å². The Balaban J connectivity index is 1.33. The van der Waals surface area contributed by atoms with E-state index in [2.05, 4.69) is 37.8 Å². The second-order valence-corrected chi connectivity index (χ2v) is 10.2. The van der Waals surface area contributed by atoms with E-state index in [-0.39, 0.29) is 12.3 Å². The van der Waals surface area contributed by atoms with Gasteiger partial charge in [0.05, 0.1) is 0 Å². The van der Waals surface area contributed by atoms with Crippen LogP contribution >= 0.6 is 0 Å². The number of allylic oxidation sites excluding steroid dienone is 1. The molecular weight excluding hydrogens is 374 g/mol. The van der Waals surface area contributed by atoms with Gasteiger partial charge in [-0.1, -0.05) is 69.4 Å². The molecule has 0 aliphatic heterocycles. The van der Waals surface area contributed by atoms with Crippen molar-refractivity contribution in [2.45, 2.75) is 103 Å². The highest BCUT2D eigenvalue weighted by Gasteiger charge is 2.44. The zero-order valence-electron chi connectivity index (χ0n) is 19.1. The maximum absolute atomic E-state index is 14.4. The molecule has 2 atom stereocenters. The van der Waals surface area contributed by atoms with Gasteiger partial charge in [-0.3, -0.25) is 0 Å². The molecule has 2 unspecified atom stereocenters. The molecule has 0 aromatic heterocycles. The maximum atomic E-state index is 14.4. The molecule has 1 aromatic rings. The molecule has 2 heteroatoms. The number of unbranched alkanes of at least 4 members (excludes halogenated alkanes) is 1. The summed E-state index contributed by atoms with van der Waals surface area (Å²) in [4.78, 5) is 0. The Morgan fingerprint density at radius 1 is 0.867 bits per heavy atom. The van der Waals surface area contributed by atoms with Crippen LogP contribution in [0.3, 0.4) is 0 Å². The number of aryl methyl sites for hydroxylation is 2. The highest BCUT2D eigenvalue weighted by atomic mass is 19.3. The van der Waals surface area contributed by atoms with E-state index in [1.807, 2.05) is 0 Å². The minimum Gasteiger partial charge on any atom is -0.207 e. The molecule has 2 saturated carbocycles. The lowest BCUT2D eigenvalue weighted by atomic mass is 9.73. The van der Waals surface area contributed by atoms with E-state index in [0.29, 0.717) is 12.3 Å². The third kappa shape index (κ3) is 6.92. The number of hydrogen-bond donors (Lipinski definition) is 0. The van der Waals surface area contributed by atoms with Gasteiger partial charge in [0.15, 0.2) is 0 Å². The summed E-state index contributed by atoms with van der Waals surface area (Å²) in [6.45, 7) is 5.96. The lowest BCUT2D eigenvalue weighted by molar-refractivity contribution is -0.100. The first kappa shape index (κ1) is 23.5. The van der Waals surface area contributed by atoms with Crippen molar-refractivity contribution in [3.63, 3.8) is 0 Å². The van der Waals surface area contributed by atoms with Gasteiger partial charge in [0.1, 0.15) is 0 Å². The van der Waals surface area contributed by atoms with E-state index in [1.54, 1.807) is 6.08 Å². The van der Waals surface area contributed by atoms with Gasteiger partial charge in [-0.2, -0.15) is 0 Å². The van der Waals surface area contributed by atoms with Crippen molar-refractivity contribution >= 4 is 0 Å². The largest absolute Gasteiger partial charge is 0.251 e. The quantitative estimate of drug-likeness (QED) is 0.334. The fourth-order valence-electron chi connectivity index (χ4n) is 5.67. The second-order valence-electron chi connectivity index (χ2n) is 10.2. The van der Waals surface area contributed by atoms with Gasteiger partial charge in [0, 0.05) is 12.3 Å². The van der Waals surface area contributed by atoms with Gasteiger partial charge < -0.3 is 0 Å². The molecule has 0 N–H and O–H groups in total. The lowest BCUT2D eigenvalue weighted by Crippen LogP contribution is -2.35. The zero-order chi connectivity index (χ0) is 21.4. The molecule has 168 valence electrons. The summed E-state index contributed by atoms with van der Waals surface area (Å²) in [6, 6.07) is 9.25. The molecule has 0 amide bonds. The summed E-state index contributed by atoms with van der Waals surface area (Å²) < 4.78 is 28.8. The van der Waals surface area contributed by atoms with Crippen LogP contribution in [0.15, 0.2) is 36.9 Å². The minimum atomic E-state index is -2.49. The number of rotatable bonds is 10. The summed E-state index contributed by atoms with van der Waals surface area (Å²) in [7, 11) is 0. The summed E-state index contributed by atoms with van der Waals surface area (Å²) in [5, 5.41) is 0. The van der Waals surface area contributed by atoms with E-state index in [9.17, 15) is 8.78 Å². The third-order valence-electron chi connectivity index (χ3n) is 7.92. The van der Waals surface area contributed by atoms with Crippen LogP contribution in [0.4, 0.5) is 8.78 Å². The van der Waals surface area contributed by atoms with Crippen LogP contribution in [0.2, 0.25) is 0 Å².